The average Bonchev–Trinajstić information content (AvgIpc) is 1.96. The molecular weight excluding hydrogens is 172 g/mol. The van der Waals surface area contributed by atoms with Gasteiger partial charge in [0.15, 0.2) is 0 Å². The summed E-state index contributed by atoms with van der Waals surface area (Å²) >= 11 is 0. The lowest BCUT2D eigenvalue weighted by atomic mass is 9.83. The van der Waals surface area contributed by atoms with Crippen molar-refractivity contribution in [2.45, 2.75) is 72.8 Å². The fraction of sp³-hybridized carbons (Fsp3) is 1.00. The monoisotopic (exact) mass is 200 g/mol. The molecule has 0 aromatic heterocycles. The zero-order valence-electron chi connectivity index (χ0n) is 10.6. The number of aliphatic hydroxyl groups excluding tert-OH is 1. The summed E-state index contributed by atoms with van der Waals surface area (Å²) in [6.07, 6.45) is 5.42. The van der Waals surface area contributed by atoms with E-state index in [1.54, 1.807) is 0 Å². The fourth-order valence-electron chi connectivity index (χ4n) is 2.15. The minimum absolute atomic E-state index is 0.0766. The van der Waals surface area contributed by atoms with Gasteiger partial charge in [0.2, 0.25) is 0 Å². The molecule has 0 rings (SSSR count). The first kappa shape index (κ1) is 14.0. The Morgan fingerprint density at radius 3 is 2.21 bits per heavy atom. The maximum absolute atomic E-state index is 9.75. The fourth-order valence-corrected chi connectivity index (χ4v) is 2.15. The molecule has 2 atom stereocenters. The molecular formula is C13H28O. The van der Waals surface area contributed by atoms with E-state index in [2.05, 4.69) is 34.6 Å². The lowest BCUT2D eigenvalue weighted by Crippen LogP contribution is -2.17. The summed E-state index contributed by atoms with van der Waals surface area (Å²) in [5.74, 6) is 0.641. The topological polar surface area (TPSA) is 20.2 Å². The van der Waals surface area contributed by atoms with E-state index in [0.29, 0.717) is 11.3 Å². The quantitative estimate of drug-likeness (QED) is 0.687. The SMILES string of the molecule is CCCCC(O)CC(C)CC(C)(C)C. The van der Waals surface area contributed by atoms with Crippen molar-refractivity contribution < 1.29 is 5.11 Å². The van der Waals surface area contributed by atoms with Crippen LogP contribution in [0.5, 0.6) is 0 Å². The average molecular weight is 200 g/mol. The summed E-state index contributed by atoms with van der Waals surface area (Å²) in [6, 6.07) is 0. The van der Waals surface area contributed by atoms with Crippen LogP contribution in [0.15, 0.2) is 0 Å². The molecule has 1 N–H and O–H groups in total. The zero-order valence-corrected chi connectivity index (χ0v) is 10.6. The van der Waals surface area contributed by atoms with E-state index in [1.165, 1.54) is 12.8 Å². The third-order valence-corrected chi connectivity index (χ3v) is 2.53. The largest absolute Gasteiger partial charge is 0.393 e. The summed E-state index contributed by atoms with van der Waals surface area (Å²) in [5, 5.41) is 9.75. The van der Waals surface area contributed by atoms with E-state index in [9.17, 15) is 5.11 Å². The Bertz CT molecular complexity index is 135. The summed E-state index contributed by atoms with van der Waals surface area (Å²) in [7, 11) is 0. The first-order valence-corrected chi connectivity index (χ1v) is 6.03. The van der Waals surface area contributed by atoms with Crippen LogP contribution >= 0.6 is 0 Å². The molecule has 0 bridgehead atoms. The smallest absolute Gasteiger partial charge is 0.0542 e. The highest BCUT2D eigenvalue weighted by molar-refractivity contribution is 4.69. The van der Waals surface area contributed by atoms with Gasteiger partial charge in [0, 0.05) is 0 Å². The second-order valence-corrected chi connectivity index (χ2v) is 5.90. The Morgan fingerprint density at radius 2 is 1.79 bits per heavy atom. The lowest BCUT2D eigenvalue weighted by Gasteiger charge is -2.24. The van der Waals surface area contributed by atoms with E-state index < -0.39 is 0 Å². The van der Waals surface area contributed by atoms with Gasteiger partial charge in [-0.3, -0.25) is 0 Å². The van der Waals surface area contributed by atoms with Crippen LogP contribution in [0.2, 0.25) is 0 Å². The molecule has 14 heavy (non-hydrogen) atoms. The Balaban J connectivity index is 3.65. The molecule has 0 aromatic rings. The first-order chi connectivity index (χ1) is 6.35. The van der Waals surface area contributed by atoms with Crippen LogP contribution in [-0.2, 0) is 0 Å². The van der Waals surface area contributed by atoms with Crippen molar-refractivity contribution in [2.75, 3.05) is 0 Å². The van der Waals surface area contributed by atoms with Crippen LogP contribution in [0.25, 0.3) is 0 Å². The molecule has 0 fully saturated rings. The molecule has 0 aromatic carbocycles. The van der Waals surface area contributed by atoms with Crippen molar-refractivity contribution in [2.24, 2.45) is 11.3 Å². The third-order valence-electron chi connectivity index (χ3n) is 2.53. The van der Waals surface area contributed by atoms with E-state index in [4.69, 9.17) is 0 Å². The molecule has 0 spiro atoms. The van der Waals surface area contributed by atoms with Gasteiger partial charge in [-0.25, -0.2) is 0 Å². The minimum atomic E-state index is -0.0766. The zero-order chi connectivity index (χ0) is 11.2. The number of unbranched alkanes of at least 4 members (excludes halogenated alkanes) is 1. The van der Waals surface area contributed by atoms with Crippen molar-refractivity contribution in [3.8, 4) is 0 Å². The van der Waals surface area contributed by atoms with Gasteiger partial charge < -0.3 is 5.11 Å². The van der Waals surface area contributed by atoms with Crippen molar-refractivity contribution in [1.82, 2.24) is 0 Å². The van der Waals surface area contributed by atoms with E-state index in [1.807, 2.05) is 0 Å². The van der Waals surface area contributed by atoms with Crippen LogP contribution in [-0.4, -0.2) is 11.2 Å². The van der Waals surface area contributed by atoms with Gasteiger partial charge in [-0.2, -0.15) is 0 Å². The third kappa shape index (κ3) is 8.55. The molecule has 0 amide bonds. The van der Waals surface area contributed by atoms with Crippen molar-refractivity contribution in [3.63, 3.8) is 0 Å². The van der Waals surface area contributed by atoms with Crippen LogP contribution in [0.4, 0.5) is 0 Å². The maximum Gasteiger partial charge on any atom is 0.0542 e. The highest BCUT2D eigenvalue weighted by atomic mass is 16.3. The summed E-state index contributed by atoms with van der Waals surface area (Å²) < 4.78 is 0. The van der Waals surface area contributed by atoms with Gasteiger partial charge in [-0.1, -0.05) is 47.5 Å². The molecule has 0 aliphatic rings. The second kappa shape index (κ2) is 6.44. The van der Waals surface area contributed by atoms with Crippen LogP contribution < -0.4 is 0 Å². The van der Waals surface area contributed by atoms with Crippen LogP contribution in [0.1, 0.15) is 66.7 Å². The van der Waals surface area contributed by atoms with E-state index in [-0.39, 0.29) is 6.10 Å². The molecule has 0 heterocycles. The van der Waals surface area contributed by atoms with Crippen LogP contribution in [0, 0.1) is 11.3 Å². The second-order valence-electron chi connectivity index (χ2n) is 5.90. The normalized spacial score (nSPS) is 16.7. The number of aliphatic hydroxyl groups is 1. The molecule has 0 aliphatic heterocycles. The van der Waals surface area contributed by atoms with Crippen LogP contribution in [0.3, 0.4) is 0 Å². The Kier molecular flexibility index (Phi) is 6.43. The predicted octanol–water partition coefficient (Wildman–Crippen LogP) is 4.00. The van der Waals surface area contributed by atoms with E-state index in [0.717, 1.165) is 19.3 Å². The highest BCUT2D eigenvalue weighted by Crippen LogP contribution is 2.27. The minimum Gasteiger partial charge on any atom is -0.393 e. The molecule has 0 aliphatic carbocycles. The molecule has 0 saturated heterocycles. The molecule has 0 radical (unpaired) electrons. The maximum atomic E-state index is 9.75. The number of hydrogen-bond donors (Lipinski definition) is 1. The highest BCUT2D eigenvalue weighted by Gasteiger charge is 2.17. The van der Waals surface area contributed by atoms with E-state index >= 15 is 0 Å². The summed E-state index contributed by atoms with van der Waals surface area (Å²) in [4.78, 5) is 0. The molecule has 2 unspecified atom stereocenters. The van der Waals surface area contributed by atoms with Gasteiger partial charge in [0.25, 0.3) is 0 Å². The Labute approximate surface area is 89.9 Å². The summed E-state index contributed by atoms with van der Waals surface area (Å²) in [6.45, 7) is 11.2. The van der Waals surface area contributed by atoms with Gasteiger partial charge in [0.1, 0.15) is 0 Å². The number of hydrogen-bond acceptors (Lipinski definition) is 1. The van der Waals surface area contributed by atoms with Crippen molar-refractivity contribution >= 4 is 0 Å². The van der Waals surface area contributed by atoms with Gasteiger partial charge >= 0.3 is 0 Å². The summed E-state index contributed by atoms with van der Waals surface area (Å²) in [5.41, 5.74) is 0.393. The number of rotatable bonds is 6. The molecule has 1 heteroatoms. The first-order valence-electron chi connectivity index (χ1n) is 6.03. The molecule has 86 valence electrons. The lowest BCUT2D eigenvalue weighted by molar-refractivity contribution is 0.122. The van der Waals surface area contributed by atoms with Gasteiger partial charge in [-0.15, -0.1) is 0 Å². The van der Waals surface area contributed by atoms with Gasteiger partial charge in [-0.05, 0) is 30.6 Å². The predicted molar refractivity (Wildman–Crippen MR) is 63.4 cm³/mol. The Hall–Kier alpha value is -0.0400. The van der Waals surface area contributed by atoms with Crippen molar-refractivity contribution in [1.29, 1.82) is 0 Å². The molecule has 1 nitrogen and oxygen atoms in total. The Morgan fingerprint density at radius 1 is 1.21 bits per heavy atom. The van der Waals surface area contributed by atoms with Gasteiger partial charge in [0.05, 0.1) is 6.10 Å². The standard InChI is InChI=1S/C13H28O/c1-6-7-8-12(14)9-11(2)10-13(3,4)5/h11-12,14H,6-10H2,1-5H3. The van der Waals surface area contributed by atoms with Crippen molar-refractivity contribution in [3.05, 3.63) is 0 Å². The molecule has 0 saturated carbocycles.